The van der Waals surface area contributed by atoms with Gasteiger partial charge in [0.25, 0.3) is 6.71 Å². The van der Waals surface area contributed by atoms with Crippen molar-refractivity contribution in [2.24, 2.45) is 0 Å². The Morgan fingerprint density at radius 2 is 1.37 bits per heavy atom. The van der Waals surface area contributed by atoms with Gasteiger partial charge in [-0.1, -0.05) is 111 Å². The average molecular weight is 525 g/mol. The third-order valence-corrected chi connectivity index (χ3v) is 9.20. The molecule has 1 aromatic heterocycles. The zero-order valence-corrected chi connectivity index (χ0v) is 23.4. The number of rotatable bonds is 1. The van der Waals surface area contributed by atoms with Crippen LogP contribution in [0.3, 0.4) is 0 Å². The normalized spacial score (nSPS) is 13.4. The number of hydrogen-bond acceptors (Lipinski definition) is 1. The smallest absolute Gasteiger partial charge is 0.252 e. The monoisotopic (exact) mass is 525 g/mol. The first-order valence-corrected chi connectivity index (χ1v) is 14.5. The molecule has 194 valence electrons. The van der Waals surface area contributed by atoms with Crippen LogP contribution in [0, 0.1) is 0 Å². The van der Waals surface area contributed by atoms with Gasteiger partial charge < -0.3 is 9.30 Å². The van der Waals surface area contributed by atoms with Crippen LogP contribution in [0.5, 0.6) is 11.5 Å². The molecular formula is C38H28BNO. The highest BCUT2D eigenvalue weighted by atomic mass is 16.5. The Hall–Kier alpha value is -4.76. The van der Waals surface area contributed by atoms with E-state index in [-0.39, 0.29) is 12.1 Å². The maximum absolute atomic E-state index is 6.62. The lowest BCUT2D eigenvalue weighted by Gasteiger charge is -2.34. The van der Waals surface area contributed by atoms with Crippen LogP contribution in [0.15, 0.2) is 115 Å². The lowest BCUT2D eigenvalue weighted by molar-refractivity contribution is 0.486. The van der Waals surface area contributed by atoms with Gasteiger partial charge in [-0.25, -0.2) is 0 Å². The van der Waals surface area contributed by atoms with Crippen molar-refractivity contribution in [1.29, 1.82) is 0 Å². The Bertz CT molecular complexity index is 2220. The van der Waals surface area contributed by atoms with Crippen molar-refractivity contribution in [1.82, 2.24) is 4.57 Å². The second kappa shape index (κ2) is 7.92. The Morgan fingerprint density at radius 3 is 2.22 bits per heavy atom. The first-order valence-electron chi connectivity index (χ1n) is 14.5. The first kappa shape index (κ1) is 23.0. The predicted molar refractivity (Wildman–Crippen MR) is 174 cm³/mol. The predicted octanol–water partition coefficient (Wildman–Crippen LogP) is 7.84. The molecule has 9 rings (SSSR count). The van der Waals surface area contributed by atoms with Crippen LogP contribution in [0.2, 0.25) is 0 Å². The molecular weight excluding hydrogens is 497 g/mol. The summed E-state index contributed by atoms with van der Waals surface area (Å²) in [5.41, 5.74) is 11.6. The Labute approximate surface area is 239 Å². The van der Waals surface area contributed by atoms with Crippen molar-refractivity contribution in [2.75, 3.05) is 0 Å². The molecule has 0 unspecified atom stereocenters. The van der Waals surface area contributed by atoms with E-state index in [0.29, 0.717) is 0 Å². The molecule has 2 aliphatic heterocycles. The standard InChI is InChI=1S/C38H28BNO/c1-38(2,3)23-19-20-33-30(21-23)39-31-22-29-25-13-7-8-17-32(25)40(24-11-5-4-6-12-24)37(29)28-16-9-14-26(35(28)31)27-15-10-18-34(41-33)36(27)39/h4-22H,1-3H3. The minimum atomic E-state index is 0.0454. The number of aromatic nitrogens is 1. The number of ether oxygens (including phenoxy) is 1. The van der Waals surface area contributed by atoms with E-state index in [9.17, 15) is 0 Å². The molecule has 0 radical (unpaired) electrons. The lowest BCUT2D eigenvalue weighted by Crippen LogP contribution is -2.57. The van der Waals surface area contributed by atoms with Crippen molar-refractivity contribution in [3.05, 3.63) is 121 Å². The molecule has 0 amide bonds. The van der Waals surface area contributed by atoms with Gasteiger partial charge in [0.15, 0.2) is 0 Å². The van der Waals surface area contributed by atoms with E-state index < -0.39 is 0 Å². The van der Waals surface area contributed by atoms with Gasteiger partial charge in [0.1, 0.15) is 11.5 Å². The van der Waals surface area contributed by atoms with Crippen molar-refractivity contribution in [2.45, 2.75) is 26.2 Å². The molecule has 0 N–H and O–H groups in total. The van der Waals surface area contributed by atoms with E-state index in [4.69, 9.17) is 4.74 Å². The highest BCUT2D eigenvalue weighted by Crippen LogP contribution is 2.42. The van der Waals surface area contributed by atoms with Crippen LogP contribution in [0.4, 0.5) is 0 Å². The molecule has 0 saturated carbocycles. The summed E-state index contributed by atoms with van der Waals surface area (Å²) in [7, 11) is 0. The quantitative estimate of drug-likeness (QED) is 0.199. The number of nitrogens with zero attached hydrogens (tertiary/aromatic N) is 1. The van der Waals surface area contributed by atoms with E-state index in [1.54, 1.807) is 0 Å². The molecule has 3 heterocycles. The molecule has 0 spiro atoms. The van der Waals surface area contributed by atoms with Crippen LogP contribution >= 0.6 is 0 Å². The molecule has 41 heavy (non-hydrogen) atoms. The number of benzene rings is 6. The number of fused-ring (bicyclic) bond motifs is 8. The van der Waals surface area contributed by atoms with Gasteiger partial charge in [0, 0.05) is 21.8 Å². The van der Waals surface area contributed by atoms with Crippen molar-refractivity contribution in [3.63, 3.8) is 0 Å². The number of hydrogen-bond donors (Lipinski definition) is 0. The first-order chi connectivity index (χ1) is 20.0. The summed E-state index contributed by atoms with van der Waals surface area (Å²) in [5, 5.41) is 5.23. The molecule has 0 fully saturated rings. The summed E-state index contributed by atoms with van der Waals surface area (Å²) in [4.78, 5) is 0. The second-order valence-electron chi connectivity index (χ2n) is 12.5. The minimum Gasteiger partial charge on any atom is -0.458 e. The lowest BCUT2D eigenvalue weighted by atomic mass is 9.32. The van der Waals surface area contributed by atoms with E-state index in [1.807, 2.05) is 0 Å². The van der Waals surface area contributed by atoms with Gasteiger partial charge in [-0.3, -0.25) is 0 Å². The maximum atomic E-state index is 6.62. The van der Waals surface area contributed by atoms with Crippen LogP contribution in [0.1, 0.15) is 26.3 Å². The molecule has 2 aliphatic rings. The Balaban J connectivity index is 1.48. The molecule has 3 heteroatoms. The van der Waals surface area contributed by atoms with Crippen LogP contribution in [-0.4, -0.2) is 11.3 Å². The zero-order valence-electron chi connectivity index (χ0n) is 23.4. The average Bonchev–Trinajstić information content (AvgIpc) is 3.33. The fraction of sp³-hybridized carbons (Fsp3) is 0.105. The van der Waals surface area contributed by atoms with Crippen molar-refractivity contribution < 1.29 is 4.74 Å². The molecule has 6 aromatic carbocycles. The van der Waals surface area contributed by atoms with Gasteiger partial charge in [-0.15, -0.1) is 0 Å². The highest BCUT2D eigenvalue weighted by Gasteiger charge is 2.40. The summed E-state index contributed by atoms with van der Waals surface area (Å²) in [6.45, 7) is 6.97. The van der Waals surface area contributed by atoms with Gasteiger partial charge in [0.2, 0.25) is 0 Å². The van der Waals surface area contributed by atoms with Crippen molar-refractivity contribution in [3.8, 4) is 28.3 Å². The van der Waals surface area contributed by atoms with E-state index in [0.717, 1.165) is 11.5 Å². The maximum Gasteiger partial charge on any atom is 0.252 e. The van der Waals surface area contributed by atoms with Gasteiger partial charge in [-0.2, -0.15) is 0 Å². The minimum absolute atomic E-state index is 0.0454. The van der Waals surface area contributed by atoms with E-state index >= 15 is 0 Å². The zero-order chi connectivity index (χ0) is 27.5. The van der Waals surface area contributed by atoms with Gasteiger partial charge >= 0.3 is 0 Å². The molecule has 0 saturated heterocycles. The highest BCUT2D eigenvalue weighted by molar-refractivity contribution is 7.00. The molecule has 7 aromatic rings. The molecule has 0 aliphatic carbocycles. The van der Waals surface area contributed by atoms with Crippen LogP contribution in [-0.2, 0) is 5.41 Å². The summed E-state index contributed by atoms with van der Waals surface area (Å²) < 4.78 is 9.07. The summed E-state index contributed by atoms with van der Waals surface area (Å²) in [5.74, 6) is 1.94. The third-order valence-electron chi connectivity index (χ3n) is 9.20. The molecule has 0 atom stereocenters. The summed E-state index contributed by atoms with van der Waals surface area (Å²) in [6.07, 6.45) is 0. The van der Waals surface area contributed by atoms with Crippen LogP contribution < -0.4 is 21.1 Å². The number of para-hydroxylation sites is 2. The van der Waals surface area contributed by atoms with Crippen molar-refractivity contribution >= 4 is 55.7 Å². The van der Waals surface area contributed by atoms with Gasteiger partial charge in [-0.05, 0) is 68.7 Å². The van der Waals surface area contributed by atoms with E-state index in [2.05, 4.69) is 141 Å². The fourth-order valence-electron chi connectivity index (χ4n) is 7.36. The van der Waals surface area contributed by atoms with Crippen LogP contribution in [0.25, 0.3) is 49.4 Å². The molecule has 2 nitrogen and oxygen atoms in total. The molecule has 0 bridgehead atoms. The SMILES string of the molecule is CC(C)(C)c1ccc2c(c1)B1c3c(cccc3-c3cccc4c3c1cc1c3ccccc3n(-c3ccccc3)c41)O2. The fourth-order valence-corrected chi connectivity index (χ4v) is 7.36. The Kier molecular flexibility index (Phi) is 4.44. The van der Waals surface area contributed by atoms with Gasteiger partial charge in [0.05, 0.1) is 11.0 Å². The summed E-state index contributed by atoms with van der Waals surface area (Å²) >= 11 is 0. The third kappa shape index (κ3) is 3.04. The Morgan fingerprint density at radius 1 is 0.610 bits per heavy atom. The summed E-state index contributed by atoms with van der Waals surface area (Å²) in [6, 6.07) is 42.3. The van der Waals surface area contributed by atoms with E-state index in [1.165, 1.54) is 71.3 Å². The largest absolute Gasteiger partial charge is 0.458 e. The second-order valence-corrected chi connectivity index (χ2v) is 12.5. The topological polar surface area (TPSA) is 14.2 Å².